The van der Waals surface area contributed by atoms with Crippen LogP contribution in [-0.4, -0.2) is 6.04 Å². The van der Waals surface area contributed by atoms with Crippen molar-refractivity contribution in [3.63, 3.8) is 0 Å². The van der Waals surface area contributed by atoms with Crippen molar-refractivity contribution in [1.82, 2.24) is 5.32 Å². The predicted octanol–water partition coefficient (Wildman–Crippen LogP) is 3.84. The van der Waals surface area contributed by atoms with Crippen LogP contribution in [-0.2, 0) is 19.4 Å². The second-order valence-corrected chi connectivity index (χ2v) is 6.12. The Morgan fingerprint density at radius 1 is 1.22 bits per heavy atom. The Hall–Kier alpha value is -0.820. The number of hydrogen-bond donors (Lipinski definition) is 1. The molecule has 1 N–H and O–H groups in total. The zero-order valence-electron chi connectivity index (χ0n) is 11.5. The summed E-state index contributed by atoms with van der Waals surface area (Å²) in [7, 11) is 0. The van der Waals surface area contributed by atoms with Crippen molar-refractivity contribution in [1.29, 1.82) is 0 Å². The van der Waals surface area contributed by atoms with Crippen LogP contribution in [0, 0.1) is 5.92 Å². The van der Waals surface area contributed by atoms with Crippen molar-refractivity contribution in [2.24, 2.45) is 5.92 Å². The zero-order valence-corrected chi connectivity index (χ0v) is 11.5. The molecule has 1 unspecified atom stereocenters. The normalized spacial score (nSPS) is 19.8. The SMILES string of the molecule is CCC(CC1CC1)NCc1ccc2c(c1)CCC2. The van der Waals surface area contributed by atoms with Crippen LogP contribution in [0.1, 0.15) is 55.7 Å². The van der Waals surface area contributed by atoms with Gasteiger partial charge in [-0.05, 0) is 54.7 Å². The monoisotopic (exact) mass is 243 g/mol. The lowest BCUT2D eigenvalue weighted by Crippen LogP contribution is -2.28. The molecule has 2 aliphatic rings. The fraction of sp³-hybridized carbons (Fsp3) is 0.647. The Morgan fingerprint density at radius 3 is 2.83 bits per heavy atom. The third-order valence-corrected chi connectivity index (χ3v) is 4.57. The Bertz CT molecular complexity index is 406. The summed E-state index contributed by atoms with van der Waals surface area (Å²) in [5.74, 6) is 1.03. The smallest absolute Gasteiger partial charge is 0.0208 e. The van der Waals surface area contributed by atoms with E-state index in [4.69, 9.17) is 0 Å². The second kappa shape index (κ2) is 5.44. The highest BCUT2D eigenvalue weighted by Gasteiger charge is 2.24. The summed E-state index contributed by atoms with van der Waals surface area (Å²) in [4.78, 5) is 0. The van der Waals surface area contributed by atoms with Gasteiger partial charge in [-0.3, -0.25) is 0 Å². The van der Waals surface area contributed by atoms with E-state index in [1.165, 1.54) is 50.5 Å². The lowest BCUT2D eigenvalue weighted by Gasteiger charge is -2.17. The minimum Gasteiger partial charge on any atom is -0.310 e. The molecule has 0 radical (unpaired) electrons. The van der Waals surface area contributed by atoms with Gasteiger partial charge in [0.05, 0.1) is 0 Å². The summed E-state index contributed by atoms with van der Waals surface area (Å²) in [6.45, 7) is 3.36. The average molecular weight is 243 g/mol. The van der Waals surface area contributed by atoms with Gasteiger partial charge in [-0.1, -0.05) is 38.0 Å². The standard InChI is InChI=1S/C17H25N/c1-2-17(11-13-6-7-13)18-12-14-8-9-15-4-3-5-16(15)10-14/h8-10,13,17-18H,2-7,11-12H2,1H3. The van der Waals surface area contributed by atoms with Crippen LogP contribution in [0.15, 0.2) is 18.2 Å². The maximum Gasteiger partial charge on any atom is 0.0208 e. The van der Waals surface area contributed by atoms with Gasteiger partial charge < -0.3 is 5.32 Å². The van der Waals surface area contributed by atoms with Crippen LogP contribution in [0.25, 0.3) is 0 Å². The molecule has 1 aromatic rings. The minimum atomic E-state index is 0.728. The second-order valence-electron chi connectivity index (χ2n) is 6.12. The molecule has 0 bridgehead atoms. The molecular weight excluding hydrogens is 218 g/mol. The molecule has 18 heavy (non-hydrogen) atoms. The Morgan fingerprint density at radius 2 is 2.06 bits per heavy atom. The summed E-state index contributed by atoms with van der Waals surface area (Å²) < 4.78 is 0. The van der Waals surface area contributed by atoms with Gasteiger partial charge >= 0.3 is 0 Å². The number of fused-ring (bicyclic) bond motifs is 1. The molecule has 3 rings (SSSR count). The van der Waals surface area contributed by atoms with E-state index in [0.29, 0.717) is 0 Å². The number of hydrogen-bond acceptors (Lipinski definition) is 1. The van der Waals surface area contributed by atoms with Crippen molar-refractivity contribution in [3.8, 4) is 0 Å². The molecule has 0 spiro atoms. The van der Waals surface area contributed by atoms with E-state index >= 15 is 0 Å². The van der Waals surface area contributed by atoms with Crippen LogP contribution in [0.5, 0.6) is 0 Å². The van der Waals surface area contributed by atoms with Gasteiger partial charge in [0, 0.05) is 12.6 Å². The lowest BCUT2D eigenvalue weighted by molar-refractivity contribution is 0.445. The zero-order chi connectivity index (χ0) is 12.4. The van der Waals surface area contributed by atoms with Crippen molar-refractivity contribution in [2.45, 2.75) is 64.5 Å². The van der Waals surface area contributed by atoms with Crippen molar-refractivity contribution >= 4 is 0 Å². The lowest BCUT2D eigenvalue weighted by atomic mass is 10.0. The summed E-state index contributed by atoms with van der Waals surface area (Å²) in [6, 6.07) is 7.83. The van der Waals surface area contributed by atoms with Gasteiger partial charge in [0.25, 0.3) is 0 Å². The molecule has 1 atom stereocenters. The first-order valence-electron chi connectivity index (χ1n) is 7.69. The number of benzene rings is 1. The van der Waals surface area contributed by atoms with E-state index in [-0.39, 0.29) is 0 Å². The molecule has 0 saturated heterocycles. The third-order valence-electron chi connectivity index (χ3n) is 4.57. The molecule has 1 fully saturated rings. The molecule has 2 aliphatic carbocycles. The molecule has 1 aromatic carbocycles. The summed E-state index contributed by atoms with van der Waals surface area (Å²) >= 11 is 0. The van der Waals surface area contributed by atoms with Crippen LogP contribution in [0.2, 0.25) is 0 Å². The van der Waals surface area contributed by atoms with Gasteiger partial charge in [0.2, 0.25) is 0 Å². The Labute approximate surface area is 111 Å². The van der Waals surface area contributed by atoms with Crippen molar-refractivity contribution in [2.75, 3.05) is 0 Å². The Balaban J connectivity index is 1.55. The van der Waals surface area contributed by atoms with E-state index in [1.807, 2.05) is 0 Å². The fourth-order valence-corrected chi connectivity index (χ4v) is 3.15. The van der Waals surface area contributed by atoms with E-state index in [0.717, 1.165) is 18.5 Å². The fourth-order valence-electron chi connectivity index (χ4n) is 3.15. The molecule has 0 aromatic heterocycles. The van der Waals surface area contributed by atoms with Crippen LogP contribution in [0.4, 0.5) is 0 Å². The van der Waals surface area contributed by atoms with Gasteiger partial charge in [0.15, 0.2) is 0 Å². The summed E-state index contributed by atoms with van der Waals surface area (Å²) in [6.07, 6.45) is 9.53. The highest BCUT2D eigenvalue weighted by molar-refractivity contribution is 5.35. The van der Waals surface area contributed by atoms with E-state index in [1.54, 1.807) is 11.1 Å². The highest BCUT2D eigenvalue weighted by Crippen LogP contribution is 2.34. The molecule has 1 nitrogen and oxygen atoms in total. The summed E-state index contributed by atoms with van der Waals surface area (Å²) in [5.41, 5.74) is 4.67. The maximum absolute atomic E-state index is 3.75. The molecule has 0 amide bonds. The van der Waals surface area contributed by atoms with Crippen molar-refractivity contribution in [3.05, 3.63) is 34.9 Å². The molecule has 0 aliphatic heterocycles. The minimum absolute atomic E-state index is 0.728. The molecular formula is C17H25N. The Kier molecular flexibility index (Phi) is 3.69. The van der Waals surface area contributed by atoms with E-state index < -0.39 is 0 Å². The van der Waals surface area contributed by atoms with Crippen LogP contribution < -0.4 is 5.32 Å². The largest absolute Gasteiger partial charge is 0.310 e. The third kappa shape index (κ3) is 2.95. The van der Waals surface area contributed by atoms with E-state index in [2.05, 4.69) is 30.4 Å². The first-order chi connectivity index (χ1) is 8.85. The first-order valence-corrected chi connectivity index (χ1v) is 7.69. The quantitative estimate of drug-likeness (QED) is 0.800. The van der Waals surface area contributed by atoms with Gasteiger partial charge in [-0.25, -0.2) is 0 Å². The molecule has 0 heterocycles. The average Bonchev–Trinajstić information content (AvgIpc) is 3.09. The highest BCUT2D eigenvalue weighted by atomic mass is 14.9. The van der Waals surface area contributed by atoms with Crippen LogP contribution >= 0.6 is 0 Å². The number of aryl methyl sites for hydroxylation is 2. The van der Waals surface area contributed by atoms with E-state index in [9.17, 15) is 0 Å². The topological polar surface area (TPSA) is 12.0 Å². The van der Waals surface area contributed by atoms with Crippen LogP contribution in [0.3, 0.4) is 0 Å². The maximum atomic E-state index is 3.75. The summed E-state index contributed by atoms with van der Waals surface area (Å²) in [5, 5.41) is 3.75. The molecule has 1 heteroatoms. The number of rotatable bonds is 6. The first kappa shape index (κ1) is 12.2. The van der Waals surface area contributed by atoms with Gasteiger partial charge in [0.1, 0.15) is 0 Å². The number of nitrogens with one attached hydrogen (secondary N) is 1. The van der Waals surface area contributed by atoms with Gasteiger partial charge in [-0.2, -0.15) is 0 Å². The molecule has 1 saturated carbocycles. The molecule has 98 valence electrons. The van der Waals surface area contributed by atoms with Gasteiger partial charge in [-0.15, -0.1) is 0 Å². The van der Waals surface area contributed by atoms with Crippen molar-refractivity contribution < 1.29 is 0 Å². The predicted molar refractivity (Wildman–Crippen MR) is 76.7 cm³/mol.